The number of nitrogens with zero attached hydrogens (tertiary/aromatic N) is 2. The molecular weight excluding hydrogens is 282 g/mol. The van der Waals surface area contributed by atoms with Crippen molar-refractivity contribution in [2.24, 2.45) is 0 Å². The zero-order valence-electron chi connectivity index (χ0n) is 10.7. The van der Waals surface area contributed by atoms with E-state index in [1.54, 1.807) is 19.3 Å². The summed E-state index contributed by atoms with van der Waals surface area (Å²) in [6.45, 7) is 0.529. The molecule has 0 aliphatic carbocycles. The van der Waals surface area contributed by atoms with E-state index in [0.29, 0.717) is 6.54 Å². The van der Waals surface area contributed by atoms with Gasteiger partial charge in [0.15, 0.2) is 0 Å². The summed E-state index contributed by atoms with van der Waals surface area (Å²) in [6.07, 6.45) is 1.55. The van der Waals surface area contributed by atoms with Crippen LogP contribution < -0.4 is 10.1 Å². The monoisotopic (exact) mass is 293 g/mol. The van der Waals surface area contributed by atoms with E-state index < -0.39 is 4.92 Å². The van der Waals surface area contributed by atoms with Gasteiger partial charge in [0.1, 0.15) is 0 Å². The minimum atomic E-state index is -0.540. The quantitative estimate of drug-likeness (QED) is 0.677. The van der Waals surface area contributed by atoms with Gasteiger partial charge in [-0.15, -0.1) is 0 Å². The molecule has 1 aromatic carbocycles. The number of nitro groups is 1. The third kappa shape index (κ3) is 3.04. The Hall–Kier alpha value is -2.18. The predicted molar refractivity (Wildman–Crippen MR) is 75.2 cm³/mol. The van der Waals surface area contributed by atoms with Gasteiger partial charge >= 0.3 is 5.69 Å². The Bertz CT molecular complexity index is 634. The Morgan fingerprint density at radius 3 is 2.90 bits per heavy atom. The molecule has 0 saturated heterocycles. The predicted octanol–water partition coefficient (Wildman–Crippen LogP) is 3.15. The molecule has 0 bridgehead atoms. The zero-order chi connectivity index (χ0) is 14.5. The van der Waals surface area contributed by atoms with Crippen LogP contribution in [0.1, 0.15) is 5.56 Å². The molecule has 7 heteroatoms. The van der Waals surface area contributed by atoms with Gasteiger partial charge in [-0.1, -0.05) is 23.7 Å². The van der Waals surface area contributed by atoms with Crippen LogP contribution in [0, 0.1) is 10.1 Å². The molecule has 2 aromatic rings. The third-order valence-corrected chi connectivity index (χ3v) is 2.86. The summed E-state index contributed by atoms with van der Waals surface area (Å²) in [5.74, 6) is 0.285. The highest BCUT2D eigenvalue weighted by atomic mass is 35.5. The molecule has 0 aliphatic heterocycles. The molecule has 0 aliphatic rings. The molecule has 0 unspecified atom stereocenters. The molecule has 0 spiro atoms. The first-order valence-electron chi connectivity index (χ1n) is 5.82. The van der Waals surface area contributed by atoms with Crippen molar-refractivity contribution in [3.8, 4) is 11.6 Å². The second kappa shape index (κ2) is 6.31. The maximum atomic E-state index is 11.0. The van der Waals surface area contributed by atoms with E-state index in [0.717, 1.165) is 5.56 Å². The number of hydrogen-bond donors (Lipinski definition) is 1. The molecule has 0 saturated carbocycles. The van der Waals surface area contributed by atoms with Crippen molar-refractivity contribution in [2.45, 2.75) is 6.54 Å². The molecule has 104 valence electrons. The first-order valence-corrected chi connectivity index (χ1v) is 6.20. The maximum Gasteiger partial charge on any atom is 0.313 e. The van der Waals surface area contributed by atoms with Crippen LogP contribution in [-0.2, 0) is 6.54 Å². The maximum absolute atomic E-state index is 11.0. The standard InChI is InChI=1S/C13H12ClN3O3/c1-15-8-9-4-3-7-16-13(9)20-12-10(14)5-2-6-11(12)17(18)19/h2-7,15H,8H2,1H3. The second-order valence-electron chi connectivity index (χ2n) is 3.95. The number of pyridine rings is 1. The van der Waals surface area contributed by atoms with Crippen LogP contribution in [0.4, 0.5) is 5.69 Å². The lowest BCUT2D eigenvalue weighted by Crippen LogP contribution is -2.07. The van der Waals surface area contributed by atoms with Gasteiger partial charge in [-0.3, -0.25) is 10.1 Å². The Morgan fingerprint density at radius 1 is 1.40 bits per heavy atom. The second-order valence-corrected chi connectivity index (χ2v) is 4.35. The molecule has 1 heterocycles. The Kier molecular flexibility index (Phi) is 4.49. The van der Waals surface area contributed by atoms with Crippen molar-refractivity contribution in [3.05, 3.63) is 57.2 Å². The Labute approximate surface area is 120 Å². The summed E-state index contributed by atoms with van der Waals surface area (Å²) in [6, 6.07) is 7.95. The van der Waals surface area contributed by atoms with Gasteiger partial charge in [0.05, 0.1) is 9.95 Å². The Balaban J connectivity index is 2.42. The Morgan fingerprint density at radius 2 is 2.20 bits per heavy atom. The average molecular weight is 294 g/mol. The van der Waals surface area contributed by atoms with Gasteiger partial charge in [0.2, 0.25) is 11.6 Å². The summed E-state index contributed by atoms with van der Waals surface area (Å²) < 4.78 is 5.56. The van der Waals surface area contributed by atoms with Gasteiger partial charge in [-0.25, -0.2) is 4.98 Å². The number of aromatic nitrogens is 1. The van der Waals surface area contributed by atoms with Gasteiger partial charge in [0.25, 0.3) is 0 Å². The van der Waals surface area contributed by atoms with Crippen LogP contribution in [0.3, 0.4) is 0 Å². The van der Waals surface area contributed by atoms with Crippen LogP contribution in [0.25, 0.3) is 0 Å². The molecular formula is C13H12ClN3O3. The van der Waals surface area contributed by atoms with Gasteiger partial charge in [-0.05, 0) is 19.2 Å². The highest BCUT2D eigenvalue weighted by molar-refractivity contribution is 6.32. The van der Waals surface area contributed by atoms with Crippen LogP contribution in [-0.4, -0.2) is 17.0 Å². The van der Waals surface area contributed by atoms with E-state index in [9.17, 15) is 10.1 Å². The van der Waals surface area contributed by atoms with E-state index in [-0.39, 0.29) is 22.3 Å². The normalized spacial score (nSPS) is 10.3. The van der Waals surface area contributed by atoms with Crippen LogP contribution in [0.15, 0.2) is 36.5 Å². The topological polar surface area (TPSA) is 77.3 Å². The largest absolute Gasteiger partial charge is 0.430 e. The number of hydrogen-bond acceptors (Lipinski definition) is 5. The van der Waals surface area contributed by atoms with Crippen molar-refractivity contribution >= 4 is 17.3 Å². The highest BCUT2D eigenvalue weighted by Gasteiger charge is 2.20. The lowest BCUT2D eigenvalue weighted by Gasteiger charge is -2.10. The van der Waals surface area contributed by atoms with Gasteiger partial charge in [-0.2, -0.15) is 0 Å². The summed E-state index contributed by atoms with van der Waals surface area (Å²) in [4.78, 5) is 14.6. The highest BCUT2D eigenvalue weighted by Crippen LogP contribution is 2.37. The molecule has 0 atom stereocenters. The van der Waals surface area contributed by atoms with Crippen molar-refractivity contribution in [3.63, 3.8) is 0 Å². The number of nitro benzene ring substituents is 1. The van der Waals surface area contributed by atoms with Crippen molar-refractivity contribution in [2.75, 3.05) is 7.05 Å². The molecule has 1 aromatic heterocycles. The number of benzene rings is 1. The number of ether oxygens (including phenoxy) is 1. The van der Waals surface area contributed by atoms with E-state index in [2.05, 4.69) is 10.3 Å². The SMILES string of the molecule is CNCc1cccnc1Oc1c(Cl)cccc1[N+](=O)[O-]. The molecule has 0 radical (unpaired) electrons. The summed E-state index contributed by atoms with van der Waals surface area (Å²) in [5, 5.41) is 14.2. The number of para-hydroxylation sites is 1. The van der Waals surface area contributed by atoms with E-state index in [1.807, 2.05) is 6.07 Å². The summed E-state index contributed by atoms with van der Waals surface area (Å²) in [7, 11) is 1.79. The van der Waals surface area contributed by atoms with Gasteiger partial charge in [0, 0.05) is 24.4 Å². The minimum Gasteiger partial charge on any atom is -0.430 e. The smallest absolute Gasteiger partial charge is 0.313 e. The zero-order valence-corrected chi connectivity index (χ0v) is 11.4. The molecule has 6 nitrogen and oxygen atoms in total. The number of halogens is 1. The molecule has 0 fully saturated rings. The van der Waals surface area contributed by atoms with Crippen LogP contribution in [0.5, 0.6) is 11.6 Å². The summed E-state index contributed by atoms with van der Waals surface area (Å²) in [5.41, 5.74) is 0.586. The van der Waals surface area contributed by atoms with E-state index in [1.165, 1.54) is 18.2 Å². The first-order chi connectivity index (χ1) is 9.63. The van der Waals surface area contributed by atoms with Crippen LogP contribution in [0.2, 0.25) is 5.02 Å². The van der Waals surface area contributed by atoms with Crippen molar-refractivity contribution in [1.29, 1.82) is 0 Å². The lowest BCUT2D eigenvalue weighted by molar-refractivity contribution is -0.385. The van der Waals surface area contributed by atoms with E-state index in [4.69, 9.17) is 16.3 Å². The fourth-order valence-corrected chi connectivity index (χ4v) is 1.89. The number of nitrogens with one attached hydrogen (secondary N) is 1. The van der Waals surface area contributed by atoms with Crippen molar-refractivity contribution < 1.29 is 9.66 Å². The van der Waals surface area contributed by atoms with Gasteiger partial charge < -0.3 is 10.1 Å². The van der Waals surface area contributed by atoms with Crippen LogP contribution >= 0.6 is 11.6 Å². The average Bonchev–Trinajstić information content (AvgIpc) is 2.43. The summed E-state index contributed by atoms with van der Waals surface area (Å²) >= 11 is 5.98. The van der Waals surface area contributed by atoms with E-state index >= 15 is 0 Å². The first kappa shape index (κ1) is 14.2. The molecule has 1 N–H and O–H groups in total. The molecule has 20 heavy (non-hydrogen) atoms. The molecule has 2 rings (SSSR count). The third-order valence-electron chi connectivity index (χ3n) is 2.56. The molecule has 0 amide bonds. The number of rotatable bonds is 5. The fraction of sp³-hybridized carbons (Fsp3) is 0.154. The lowest BCUT2D eigenvalue weighted by atomic mass is 10.2. The fourth-order valence-electron chi connectivity index (χ4n) is 1.68. The van der Waals surface area contributed by atoms with Crippen molar-refractivity contribution in [1.82, 2.24) is 10.3 Å². The minimum absolute atomic E-state index is 0.00443.